The van der Waals surface area contributed by atoms with Crippen LogP contribution < -0.4 is 16.6 Å². The minimum atomic E-state index is -0.584. The van der Waals surface area contributed by atoms with E-state index in [1.807, 2.05) is 54.6 Å². The number of nitrogens with one attached hydrogen (secondary N) is 1. The van der Waals surface area contributed by atoms with Crippen LogP contribution in [0.15, 0.2) is 77.0 Å². The van der Waals surface area contributed by atoms with Gasteiger partial charge >= 0.3 is 0 Å². The van der Waals surface area contributed by atoms with E-state index in [9.17, 15) is 9.59 Å². The summed E-state index contributed by atoms with van der Waals surface area (Å²) in [5.74, 6) is 5.84. The molecule has 3 N–H and O–H groups in total. The van der Waals surface area contributed by atoms with E-state index < -0.39 is 11.9 Å². The smallest absolute Gasteiger partial charge is 0.264 e. The van der Waals surface area contributed by atoms with Gasteiger partial charge in [0.25, 0.3) is 11.5 Å². The number of hydrogen-bond donors (Lipinski definition) is 2. The van der Waals surface area contributed by atoms with Gasteiger partial charge in [0.15, 0.2) is 11.6 Å². The van der Waals surface area contributed by atoms with Crippen LogP contribution in [0, 0.1) is 11.8 Å². The number of nitrogens with two attached hydrogens (primary N) is 1. The Kier molecular flexibility index (Phi) is 7.85. The van der Waals surface area contributed by atoms with Crippen LogP contribution in [0.1, 0.15) is 34.6 Å². The van der Waals surface area contributed by atoms with Gasteiger partial charge in [0.05, 0.1) is 11.4 Å². The molecule has 1 amide bonds. The first-order valence-corrected chi connectivity index (χ1v) is 11.9. The number of rotatable bonds is 7. The largest absolute Gasteiger partial charge is 0.381 e. The van der Waals surface area contributed by atoms with Crippen LogP contribution in [-0.2, 0) is 11.8 Å². The van der Waals surface area contributed by atoms with E-state index in [2.05, 4.69) is 33.8 Å². The molecule has 192 valence electrons. The third-order valence-corrected chi connectivity index (χ3v) is 5.89. The lowest BCUT2D eigenvalue weighted by atomic mass is 10.0. The molecule has 0 aliphatic carbocycles. The number of ether oxygens (including phenoxy) is 1. The quantitative estimate of drug-likeness (QED) is 0.292. The zero-order valence-electron chi connectivity index (χ0n) is 21.4. The molecule has 2 heterocycles. The first-order valence-electron chi connectivity index (χ1n) is 11.9. The Hall–Kier alpha value is -4.94. The summed E-state index contributed by atoms with van der Waals surface area (Å²) in [6.45, 7) is 5.67. The van der Waals surface area contributed by atoms with Gasteiger partial charge in [0, 0.05) is 37.3 Å². The number of hydrogen-bond acceptors (Lipinski definition) is 6. The molecule has 0 saturated heterocycles. The van der Waals surface area contributed by atoms with Crippen molar-refractivity contribution in [3.63, 3.8) is 0 Å². The Labute approximate surface area is 220 Å². The Morgan fingerprint density at radius 3 is 2.74 bits per heavy atom. The van der Waals surface area contributed by atoms with Gasteiger partial charge in [-0.15, -0.1) is 0 Å². The summed E-state index contributed by atoms with van der Waals surface area (Å²) in [7, 11) is 3.21. The molecule has 2 aromatic heterocycles. The number of aromatic nitrogens is 3. The number of allylic oxidation sites excluding steroid dienone is 1. The fourth-order valence-electron chi connectivity index (χ4n) is 4.22. The van der Waals surface area contributed by atoms with Crippen molar-refractivity contribution in [2.75, 3.05) is 19.5 Å². The van der Waals surface area contributed by atoms with Gasteiger partial charge in [-0.1, -0.05) is 54.8 Å². The van der Waals surface area contributed by atoms with Crippen molar-refractivity contribution < 1.29 is 9.53 Å². The minimum absolute atomic E-state index is 0.0478. The van der Waals surface area contributed by atoms with E-state index in [1.165, 1.54) is 17.0 Å². The van der Waals surface area contributed by atoms with Crippen molar-refractivity contribution >= 4 is 34.5 Å². The van der Waals surface area contributed by atoms with Gasteiger partial charge in [-0.25, -0.2) is 9.67 Å². The van der Waals surface area contributed by atoms with E-state index in [0.29, 0.717) is 33.5 Å². The van der Waals surface area contributed by atoms with Crippen molar-refractivity contribution in [3.05, 3.63) is 94.4 Å². The maximum absolute atomic E-state index is 14.0. The summed E-state index contributed by atoms with van der Waals surface area (Å²) < 4.78 is 8.06. The predicted molar refractivity (Wildman–Crippen MR) is 150 cm³/mol. The molecule has 1 atom stereocenters. The van der Waals surface area contributed by atoms with Crippen molar-refractivity contribution in [2.24, 2.45) is 12.0 Å². The number of fused-ring (bicyclic) bond motifs is 1. The number of nitrogens with zero attached hydrogens (tertiary/aromatic N) is 4. The Morgan fingerprint density at radius 2 is 2.03 bits per heavy atom. The van der Waals surface area contributed by atoms with Gasteiger partial charge in [-0.2, -0.15) is 5.10 Å². The van der Waals surface area contributed by atoms with Crippen LogP contribution in [0.5, 0.6) is 0 Å². The van der Waals surface area contributed by atoms with E-state index >= 15 is 0 Å². The first kappa shape index (κ1) is 26.1. The molecule has 1 unspecified atom stereocenters. The molecule has 4 aromatic rings. The highest BCUT2D eigenvalue weighted by Crippen LogP contribution is 2.27. The fourth-order valence-corrected chi connectivity index (χ4v) is 4.22. The molecule has 0 radical (unpaired) electrons. The molecule has 0 fully saturated rings. The number of benzene rings is 2. The lowest BCUT2D eigenvalue weighted by molar-refractivity contribution is 0.0940. The summed E-state index contributed by atoms with van der Waals surface area (Å²) in [6.07, 6.45) is 2.95. The number of methoxy groups -OCH3 is 1. The summed E-state index contributed by atoms with van der Waals surface area (Å²) in [4.78, 5) is 31.6. The normalized spacial score (nSPS) is 11.8. The van der Waals surface area contributed by atoms with E-state index in [4.69, 9.17) is 10.5 Å². The highest BCUT2D eigenvalue weighted by atomic mass is 16.5. The number of nitrogen functional groups attached to an aromatic ring is 1. The number of amides is 1. The molecular formula is C29H28N6O3. The van der Waals surface area contributed by atoms with Crippen LogP contribution >= 0.6 is 0 Å². The SMILES string of the molecule is C=C/C=N\c1c(C(=O)NC(C)c2cc3cccc(C#CCOC)c3c(=O)n2-c2ccccc2)c(N)nn1C. The highest BCUT2D eigenvalue weighted by Gasteiger charge is 2.24. The number of aliphatic imine (C=N–C) groups is 1. The van der Waals surface area contributed by atoms with Crippen molar-refractivity contribution in [1.82, 2.24) is 19.7 Å². The molecular weight excluding hydrogens is 480 g/mol. The lowest BCUT2D eigenvalue weighted by Crippen LogP contribution is -2.32. The second-order valence-corrected chi connectivity index (χ2v) is 8.47. The van der Waals surface area contributed by atoms with Crippen LogP contribution in [0.2, 0.25) is 0 Å². The standard InChI is InChI=1S/C29H28N6O3/c1-5-16-31-27-25(26(30)33-34(27)3)28(36)32-19(2)23-18-21-12-9-11-20(13-10-17-38-4)24(21)29(37)35(23)22-14-7-6-8-15-22/h5-9,11-12,14-16,18-19H,1,17H2,2-4H3,(H2,30,33)(H,32,36)/b31-16-. The second-order valence-electron chi connectivity index (χ2n) is 8.47. The van der Waals surface area contributed by atoms with Crippen LogP contribution in [-0.4, -0.2) is 40.2 Å². The number of carbonyl (C=O) groups is 1. The molecule has 0 saturated carbocycles. The molecule has 9 nitrogen and oxygen atoms in total. The van der Waals surface area contributed by atoms with Crippen molar-refractivity contribution in [1.29, 1.82) is 0 Å². The molecule has 2 aromatic carbocycles. The Bertz CT molecular complexity index is 1660. The van der Waals surface area contributed by atoms with Crippen LogP contribution in [0.3, 0.4) is 0 Å². The molecule has 38 heavy (non-hydrogen) atoms. The topological polar surface area (TPSA) is 117 Å². The van der Waals surface area contributed by atoms with Gasteiger partial charge in [0.2, 0.25) is 0 Å². The van der Waals surface area contributed by atoms with E-state index in [0.717, 1.165) is 0 Å². The monoisotopic (exact) mass is 508 g/mol. The zero-order valence-corrected chi connectivity index (χ0v) is 21.4. The van der Waals surface area contributed by atoms with Crippen molar-refractivity contribution in [2.45, 2.75) is 13.0 Å². The lowest BCUT2D eigenvalue weighted by Gasteiger charge is -2.21. The molecule has 0 spiro atoms. The number of para-hydroxylation sites is 1. The molecule has 0 aliphatic rings. The summed E-state index contributed by atoms with van der Waals surface area (Å²) >= 11 is 0. The Morgan fingerprint density at radius 1 is 1.26 bits per heavy atom. The fraction of sp³-hybridized carbons (Fsp3) is 0.172. The third-order valence-electron chi connectivity index (χ3n) is 5.89. The number of carbonyl (C=O) groups excluding carboxylic acids is 1. The summed E-state index contributed by atoms with van der Waals surface area (Å²) in [5.41, 5.74) is 7.79. The van der Waals surface area contributed by atoms with E-state index in [1.54, 1.807) is 25.6 Å². The molecule has 0 aliphatic heterocycles. The van der Waals surface area contributed by atoms with Gasteiger partial charge in [0.1, 0.15) is 12.2 Å². The van der Waals surface area contributed by atoms with Crippen molar-refractivity contribution in [3.8, 4) is 17.5 Å². The predicted octanol–water partition coefficient (Wildman–Crippen LogP) is 3.68. The number of aryl methyl sites for hydroxylation is 1. The second kappa shape index (κ2) is 11.4. The minimum Gasteiger partial charge on any atom is -0.381 e. The molecule has 4 rings (SSSR count). The third kappa shape index (κ3) is 5.12. The van der Waals surface area contributed by atoms with Gasteiger partial charge in [-0.3, -0.25) is 14.2 Å². The van der Waals surface area contributed by atoms with Crippen LogP contribution in [0.4, 0.5) is 11.6 Å². The van der Waals surface area contributed by atoms with E-state index in [-0.39, 0.29) is 23.5 Å². The highest BCUT2D eigenvalue weighted by molar-refractivity contribution is 6.03. The zero-order chi connectivity index (χ0) is 27.2. The van der Waals surface area contributed by atoms with Gasteiger partial charge < -0.3 is 15.8 Å². The molecule has 0 bridgehead atoms. The maximum atomic E-state index is 14.0. The molecule has 9 heteroatoms. The number of pyridine rings is 1. The average Bonchev–Trinajstić information content (AvgIpc) is 3.20. The van der Waals surface area contributed by atoms with Crippen LogP contribution in [0.25, 0.3) is 16.5 Å². The number of anilines is 1. The summed E-state index contributed by atoms with van der Waals surface area (Å²) in [5, 5.41) is 8.29. The maximum Gasteiger partial charge on any atom is 0.264 e. The Balaban J connectivity index is 1.86. The summed E-state index contributed by atoms with van der Waals surface area (Å²) in [6, 6.07) is 16.1. The first-order chi connectivity index (χ1) is 18.4. The average molecular weight is 509 g/mol. The van der Waals surface area contributed by atoms with Gasteiger partial charge in [-0.05, 0) is 36.6 Å².